The van der Waals surface area contributed by atoms with Crippen LogP contribution in [0.15, 0.2) is 255 Å². The highest BCUT2D eigenvalue weighted by atomic mass is 14.9. The molecule has 1 heterocycles. The molecule has 0 N–H and O–H groups in total. The first kappa shape index (κ1) is 38.9. The summed E-state index contributed by atoms with van der Waals surface area (Å²) in [6.07, 6.45) is 0. The van der Waals surface area contributed by atoms with Gasteiger partial charge in [-0.2, -0.15) is 0 Å². The van der Waals surface area contributed by atoms with Crippen molar-refractivity contribution in [2.45, 2.75) is 0 Å². The van der Waals surface area contributed by atoms with Crippen LogP contribution in [-0.2, 0) is 0 Å². The van der Waals surface area contributed by atoms with E-state index in [4.69, 9.17) is 9.97 Å². The van der Waals surface area contributed by atoms with Crippen molar-refractivity contribution < 1.29 is 0 Å². The van der Waals surface area contributed by atoms with E-state index in [0.717, 1.165) is 60.8 Å². The Bertz CT molecular complexity index is 3750. The largest absolute Gasteiger partial charge is 0.228 e. The summed E-state index contributed by atoms with van der Waals surface area (Å²) >= 11 is 0. The van der Waals surface area contributed by atoms with Crippen molar-refractivity contribution >= 4 is 32.4 Å². The van der Waals surface area contributed by atoms with Gasteiger partial charge in [0.25, 0.3) is 0 Å². The molecule has 0 amide bonds. The van der Waals surface area contributed by atoms with Crippen LogP contribution in [-0.4, -0.2) is 9.97 Å². The number of rotatable bonds is 8. The van der Waals surface area contributed by atoms with Crippen molar-refractivity contribution in [1.29, 1.82) is 0 Å². The summed E-state index contributed by atoms with van der Waals surface area (Å²) in [5.41, 5.74) is 18.0. The Morgan fingerprint density at radius 3 is 1.23 bits per heavy atom. The van der Waals surface area contributed by atoms with Crippen molar-refractivity contribution in [3.05, 3.63) is 255 Å². The lowest BCUT2D eigenvalue weighted by Crippen LogP contribution is -1.96. The molecule has 0 bridgehead atoms. The highest BCUT2D eigenvalue weighted by Crippen LogP contribution is 2.38. The third-order valence-corrected chi connectivity index (χ3v) is 12.9. The van der Waals surface area contributed by atoms with Gasteiger partial charge in [-0.05, 0) is 125 Å². The predicted molar refractivity (Wildman–Crippen MR) is 278 cm³/mol. The maximum Gasteiger partial charge on any atom is 0.160 e. The number of fused-ring (bicyclic) bond motifs is 4. The quantitative estimate of drug-likeness (QED) is 0.143. The molecule has 66 heavy (non-hydrogen) atoms. The van der Waals surface area contributed by atoms with Gasteiger partial charge in [0.15, 0.2) is 5.82 Å². The van der Waals surface area contributed by atoms with Crippen LogP contribution >= 0.6 is 0 Å². The molecule has 12 aromatic rings. The van der Waals surface area contributed by atoms with Gasteiger partial charge < -0.3 is 0 Å². The highest BCUT2D eigenvalue weighted by molar-refractivity contribution is 6.12. The van der Waals surface area contributed by atoms with Crippen molar-refractivity contribution in [1.82, 2.24) is 9.97 Å². The fourth-order valence-electron chi connectivity index (χ4n) is 9.51. The van der Waals surface area contributed by atoms with E-state index in [-0.39, 0.29) is 0 Å². The van der Waals surface area contributed by atoms with Gasteiger partial charge in [0, 0.05) is 16.5 Å². The molecular formula is C64H42N2. The fourth-order valence-corrected chi connectivity index (χ4v) is 9.51. The van der Waals surface area contributed by atoms with Gasteiger partial charge in [0.2, 0.25) is 0 Å². The minimum absolute atomic E-state index is 0.698. The standard InChI is InChI=1S/C64H42N2/c1-2-14-43(15-3-1)48-19-8-21-50(38-48)52-23-10-24-53(40-52)55-26-12-28-57(42-55)63-62-60-30-7-5-17-46(60)36-37-61(62)65-64(66-63)47-34-32-44(33-35-47)49-20-9-22-51(39-49)54-25-11-27-56(41-54)59-31-13-18-45-16-4-6-29-58(45)59/h1-42H. The van der Waals surface area contributed by atoms with E-state index < -0.39 is 0 Å². The second-order valence-corrected chi connectivity index (χ2v) is 17.0. The molecule has 0 unspecified atom stereocenters. The van der Waals surface area contributed by atoms with Gasteiger partial charge in [0.1, 0.15) is 0 Å². The third-order valence-electron chi connectivity index (χ3n) is 12.9. The van der Waals surface area contributed by atoms with E-state index in [1.165, 1.54) is 55.3 Å². The van der Waals surface area contributed by atoms with Gasteiger partial charge >= 0.3 is 0 Å². The van der Waals surface area contributed by atoms with Gasteiger partial charge in [-0.1, -0.05) is 218 Å². The number of nitrogens with zero attached hydrogens (tertiary/aromatic N) is 2. The van der Waals surface area contributed by atoms with Crippen LogP contribution in [0.1, 0.15) is 0 Å². The summed E-state index contributed by atoms with van der Waals surface area (Å²) in [5, 5.41) is 5.87. The minimum Gasteiger partial charge on any atom is -0.228 e. The first-order chi connectivity index (χ1) is 32.7. The maximum atomic E-state index is 5.43. The summed E-state index contributed by atoms with van der Waals surface area (Å²) in [5.74, 6) is 0.698. The molecule has 2 heteroatoms. The molecule has 0 radical (unpaired) electrons. The lowest BCUT2D eigenvalue weighted by atomic mass is 9.94. The molecule has 0 aliphatic heterocycles. The normalized spacial score (nSPS) is 11.3. The van der Waals surface area contributed by atoms with Gasteiger partial charge in [-0.15, -0.1) is 0 Å². The average molecular weight is 839 g/mol. The second kappa shape index (κ2) is 16.8. The number of benzene rings is 11. The van der Waals surface area contributed by atoms with Gasteiger partial charge in [0.05, 0.1) is 11.2 Å². The first-order valence-corrected chi connectivity index (χ1v) is 22.5. The zero-order valence-corrected chi connectivity index (χ0v) is 36.1. The van der Waals surface area contributed by atoms with Gasteiger partial charge in [-0.3, -0.25) is 0 Å². The number of hydrogen-bond donors (Lipinski definition) is 0. The van der Waals surface area contributed by atoms with E-state index in [1.807, 2.05) is 0 Å². The summed E-state index contributed by atoms with van der Waals surface area (Å²) in [6, 6.07) is 91.4. The summed E-state index contributed by atoms with van der Waals surface area (Å²) in [4.78, 5) is 10.7. The van der Waals surface area contributed by atoms with E-state index >= 15 is 0 Å². The van der Waals surface area contributed by atoms with E-state index in [1.54, 1.807) is 0 Å². The zero-order valence-electron chi connectivity index (χ0n) is 36.1. The van der Waals surface area contributed by atoms with Crippen LogP contribution in [0.4, 0.5) is 0 Å². The molecule has 0 spiro atoms. The van der Waals surface area contributed by atoms with Crippen molar-refractivity contribution in [3.8, 4) is 89.4 Å². The molecule has 1 aromatic heterocycles. The van der Waals surface area contributed by atoms with Crippen LogP contribution in [0.3, 0.4) is 0 Å². The van der Waals surface area contributed by atoms with Crippen LogP contribution < -0.4 is 0 Å². The fraction of sp³-hybridized carbons (Fsp3) is 0. The molecule has 11 aromatic carbocycles. The molecule has 2 nitrogen and oxygen atoms in total. The summed E-state index contributed by atoms with van der Waals surface area (Å²) in [7, 11) is 0. The Morgan fingerprint density at radius 2 is 0.621 bits per heavy atom. The zero-order chi connectivity index (χ0) is 43.8. The van der Waals surface area contributed by atoms with Crippen LogP contribution in [0.2, 0.25) is 0 Å². The lowest BCUT2D eigenvalue weighted by Gasteiger charge is -2.14. The van der Waals surface area contributed by atoms with Crippen LogP contribution in [0.5, 0.6) is 0 Å². The van der Waals surface area contributed by atoms with Gasteiger partial charge in [-0.25, -0.2) is 9.97 Å². The first-order valence-electron chi connectivity index (χ1n) is 22.5. The highest BCUT2D eigenvalue weighted by Gasteiger charge is 2.16. The minimum atomic E-state index is 0.698. The third kappa shape index (κ3) is 7.41. The molecule has 0 fully saturated rings. The van der Waals surface area contributed by atoms with E-state index in [2.05, 4.69) is 255 Å². The Labute approximate surface area is 384 Å². The molecule has 12 rings (SSSR count). The monoisotopic (exact) mass is 838 g/mol. The summed E-state index contributed by atoms with van der Waals surface area (Å²) in [6.45, 7) is 0. The Balaban J connectivity index is 0.891. The molecule has 0 aliphatic rings. The SMILES string of the molecule is c1ccc(-c2cccc(-c3cccc(-c4cccc(-c5nc(-c6ccc(-c7cccc(-c8cccc(-c9cccc%10ccccc9%10)c8)c7)cc6)nc6ccc7ccccc7c56)c4)c3)c2)cc1. The second-order valence-electron chi connectivity index (χ2n) is 17.0. The van der Waals surface area contributed by atoms with Crippen molar-refractivity contribution in [3.63, 3.8) is 0 Å². The topological polar surface area (TPSA) is 25.8 Å². The van der Waals surface area contributed by atoms with E-state index in [0.29, 0.717) is 5.82 Å². The van der Waals surface area contributed by atoms with Crippen molar-refractivity contribution in [2.24, 2.45) is 0 Å². The Kier molecular flexibility index (Phi) is 9.89. The molecule has 0 atom stereocenters. The Hall–Kier alpha value is -8.72. The van der Waals surface area contributed by atoms with Crippen LogP contribution in [0.25, 0.3) is 122 Å². The maximum absolute atomic E-state index is 5.43. The summed E-state index contributed by atoms with van der Waals surface area (Å²) < 4.78 is 0. The molecule has 0 saturated heterocycles. The van der Waals surface area contributed by atoms with Crippen molar-refractivity contribution in [2.75, 3.05) is 0 Å². The Morgan fingerprint density at radius 1 is 0.227 bits per heavy atom. The molecule has 0 aliphatic carbocycles. The molecule has 308 valence electrons. The molecule has 0 saturated carbocycles. The van der Waals surface area contributed by atoms with Crippen LogP contribution in [0, 0.1) is 0 Å². The predicted octanol–water partition coefficient (Wildman–Crippen LogP) is 17.3. The average Bonchev–Trinajstić information content (AvgIpc) is 3.41. The molecular weight excluding hydrogens is 797 g/mol. The number of hydrogen-bond acceptors (Lipinski definition) is 2. The number of aromatic nitrogens is 2. The lowest BCUT2D eigenvalue weighted by molar-refractivity contribution is 1.23. The van der Waals surface area contributed by atoms with E-state index in [9.17, 15) is 0 Å². The smallest absolute Gasteiger partial charge is 0.160 e.